The number of carbonyl (C=O) groups is 2. The third-order valence-electron chi connectivity index (χ3n) is 4.88. The molecule has 126 valence electrons. The van der Waals surface area contributed by atoms with Gasteiger partial charge in [-0.15, -0.1) is 0 Å². The van der Waals surface area contributed by atoms with Crippen LogP contribution in [-0.2, 0) is 4.79 Å². The van der Waals surface area contributed by atoms with Crippen molar-refractivity contribution in [3.8, 4) is 6.07 Å². The second-order valence-electron chi connectivity index (χ2n) is 6.41. The summed E-state index contributed by atoms with van der Waals surface area (Å²) in [4.78, 5) is 28.4. The third kappa shape index (κ3) is 3.46. The van der Waals surface area contributed by atoms with E-state index in [4.69, 9.17) is 0 Å². The summed E-state index contributed by atoms with van der Waals surface area (Å²) >= 11 is 0. The summed E-state index contributed by atoms with van der Waals surface area (Å²) in [5.41, 5.74) is 0.470. The highest BCUT2D eigenvalue weighted by Crippen LogP contribution is 2.25. The van der Waals surface area contributed by atoms with Crippen LogP contribution in [0.25, 0.3) is 0 Å². The maximum Gasteiger partial charge on any atom is 0.222 e. The van der Waals surface area contributed by atoms with Gasteiger partial charge in [-0.25, -0.2) is 4.39 Å². The summed E-state index contributed by atoms with van der Waals surface area (Å²) in [5.74, 6) is -0.429. The number of ketones is 1. The lowest BCUT2D eigenvalue weighted by Gasteiger charge is -2.37. The van der Waals surface area contributed by atoms with Crippen molar-refractivity contribution < 1.29 is 14.0 Å². The van der Waals surface area contributed by atoms with E-state index in [1.807, 2.05) is 4.90 Å². The van der Waals surface area contributed by atoms with Gasteiger partial charge in [-0.05, 0) is 37.1 Å². The van der Waals surface area contributed by atoms with Crippen molar-refractivity contribution in [2.24, 2.45) is 0 Å². The molecule has 0 aliphatic carbocycles. The lowest BCUT2D eigenvalue weighted by molar-refractivity contribution is -0.135. The number of nitrogens with zero attached hydrogens (tertiary/aromatic N) is 3. The summed E-state index contributed by atoms with van der Waals surface area (Å²) in [5, 5.41) is 9.20. The summed E-state index contributed by atoms with van der Waals surface area (Å²) in [6, 6.07) is 7.72. The van der Waals surface area contributed by atoms with E-state index in [1.54, 1.807) is 0 Å². The molecule has 3 unspecified atom stereocenters. The molecule has 1 aromatic carbocycles. The monoisotopic (exact) mass is 329 g/mol. The number of fused-ring (bicyclic) bond motifs is 2. The maximum atomic E-state index is 12.9. The Hall–Kier alpha value is -2.26. The van der Waals surface area contributed by atoms with Gasteiger partial charge in [0.2, 0.25) is 5.91 Å². The molecule has 3 rings (SSSR count). The lowest BCUT2D eigenvalue weighted by atomic mass is 10.0. The van der Waals surface area contributed by atoms with E-state index in [2.05, 4.69) is 11.0 Å². The molecule has 0 aromatic heterocycles. The fourth-order valence-corrected chi connectivity index (χ4v) is 3.51. The molecule has 2 saturated heterocycles. The quantitative estimate of drug-likeness (QED) is 0.775. The number of piperazine rings is 1. The minimum Gasteiger partial charge on any atom is -0.336 e. The molecule has 5 nitrogen and oxygen atoms in total. The van der Waals surface area contributed by atoms with Crippen molar-refractivity contribution in [1.29, 1.82) is 5.26 Å². The number of carbonyl (C=O) groups excluding carboxylic acids is 2. The number of rotatable bonds is 5. The zero-order valence-corrected chi connectivity index (χ0v) is 13.4. The van der Waals surface area contributed by atoms with E-state index in [9.17, 15) is 19.2 Å². The van der Waals surface area contributed by atoms with Crippen molar-refractivity contribution in [1.82, 2.24) is 9.80 Å². The molecule has 2 fully saturated rings. The molecule has 2 heterocycles. The minimum atomic E-state index is -0.371. The van der Waals surface area contributed by atoms with Crippen LogP contribution in [0.5, 0.6) is 0 Å². The van der Waals surface area contributed by atoms with Crippen LogP contribution in [0.3, 0.4) is 0 Å². The lowest BCUT2D eigenvalue weighted by Crippen LogP contribution is -2.54. The highest BCUT2D eigenvalue weighted by Gasteiger charge is 2.40. The van der Waals surface area contributed by atoms with E-state index < -0.39 is 0 Å². The van der Waals surface area contributed by atoms with Crippen molar-refractivity contribution in [3.63, 3.8) is 0 Å². The van der Waals surface area contributed by atoms with E-state index in [-0.39, 0.29) is 36.0 Å². The Bertz CT molecular complexity index is 668. The molecule has 24 heavy (non-hydrogen) atoms. The van der Waals surface area contributed by atoms with Gasteiger partial charge in [-0.3, -0.25) is 14.5 Å². The second kappa shape index (κ2) is 7.10. The number of hydrogen-bond donors (Lipinski definition) is 0. The fraction of sp³-hybridized carbons (Fsp3) is 0.500. The minimum absolute atomic E-state index is 0.0220. The Morgan fingerprint density at radius 2 is 1.96 bits per heavy atom. The first kappa shape index (κ1) is 16.6. The topological polar surface area (TPSA) is 64.4 Å². The van der Waals surface area contributed by atoms with E-state index in [0.717, 1.165) is 19.5 Å². The zero-order chi connectivity index (χ0) is 17.1. The van der Waals surface area contributed by atoms with Gasteiger partial charge >= 0.3 is 0 Å². The molecule has 6 heteroatoms. The fourth-order valence-electron chi connectivity index (χ4n) is 3.51. The molecule has 2 bridgehead atoms. The van der Waals surface area contributed by atoms with E-state index >= 15 is 0 Å². The summed E-state index contributed by atoms with van der Waals surface area (Å²) in [6.45, 7) is 2.11. The molecule has 2 aliphatic heterocycles. The van der Waals surface area contributed by atoms with Gasteiger partial charge in [0.25, 0.3) is 0 Å². The zero-order valence-electron chi connectivity index (χ0n) is 13.4. The first-order valence-corrected chi connectivity index (χ1v) is 8.30. The number of hydrogen-bond acceptors (Lipinski definition) is 4. The van der Waals surface area contributed by atoms with Gasteiger partial charge in [0.1, 0.15) is 11.9 Å². The first-order chi connectivity index (χ1) is 11.6. The van der Waals surface area contributed by atoms with Crippen LogP contribution < -0.4 is 0 Å². The highest BCUT2D eigenvalue weighted by atomic mass is 19.1. The number of benzene rings is 1. The van der Waals surface area contributed by atoms with Crippen molar-refractivity contribution in [3.05, 3.63) is 35.6 Å². The smallest absolute Gasteiger partial charge is 0.222 e. The molecule has 0 N–H and O–H groups in total. The van der Waals surface area contributed by atoms with Crippen LogP contribution >= 0.6 is 0 Å². The number of amides is 1. The summed E-state index contributed by atoms with van der Waals surface area (Å²) in [6.07, 6.45) is 1.96. The van der Waals surface area contributed by atoms with Gasteiger partial charge in [0.15, 0.2) is 5.78 Å². The summed E-state index contributed by atoms with van der Waals surface area (Å²) < 4.78 is 12.9. The summed E-state index contributed by atoms with van der Waals surface area (Å²) in [7, 11) is 0. The molecule has 1 aromatic rings. The van der Waals surface area contributed by atoms with Gasteiger partial charge < -0.3 is 4.90 Å². The Labute approximate surface area is 140 Å². The molecule has 1 amide bonds. The Morgan fingerprint density at radius 3 is 2.67 bits per heavy atom. The van der Waals surface area contributed by atoms with Gasteiger partial charge in [-0.2, -0.15) is 5.26 Å². The average Bonchev–Trinajstić information content (AvgIpc) is 2.99. The molecular formula is C18H20FN3O2. The largest absolute Gasteiger partial charge is 0.336 e. The third-order valence-corrected chi connectivity index (χ3v) is 4.88. The highest BCUT2D eigenvalue weighted by molar-refractivity contribution is 5.96. The normalized spacial score (nSPS) is 25.3. The molecule has 0 saturated carbocycles. The van der Waals surface area contributed by atoms with Crippen molar-refractivity contribution >= 4 is 11.7 Å². The van der Waals surface area contributed by atoms with E-state index in [0.29, 0.717) is 24.9 Å². The van der Waals surface area contributed by atoms with Crippen LogP contribution in [0.15, 0.2) is 24.3 Å². The number of Topliss-reactive ketones (excluding diaryl/α,β-unsaturated/α-hetero) is 1. The van der Waals surface area contributed by atoms with Crippen molar-refractivity contribution in [2.75, 3.05) is 19.6 Å². The Morgan fingerprint density at radius 1 is 1.21 bits per heavy atom. The van der Waals surface area contributed by atoms with Gasteiger partial charge in [-0.1, -0.05) is 0 Å². The SMILES string of the molecule is N#CC1CN(C(=O)CCCC(=O)c2ccc(F)cc2)C2CCN1C2. The first-order valence-electron chi connectivity index (χ1n) is 8.30. The van der Waals surface area contributed by atoms with Crippen LogP contribution in [0.1, 0.15) is 36.0 Å². The predicted molar refractivity (Wildman–Crippen MR) is 85.7 cm³/mol. The van der Waals surface area contributed by atoms with E-state index in [1.165, 1.54) is 24.3 Å². The van der Waals surface area contributed by atoms with Crippen molar-refractivity contribution in [2.45, 2.75) is 37.8 Å². The van der Waals surface area contributed by atoms with Crippen LogP contribution in [0.2, 0.25) is 0 Å². The molecular weight excluding hydrogens is 309 g/mol. The van der Waals surface area contributed by atoms with Crippen LogP contribution in [-0.4, -0.2) is 53.2 Å². The van der Waals surface area contributed by atoms with Gasteiger partial charge in [0, 0.05) is 44.1 Å². The maximum absolute atomic E-state index is 12.9. The van der Waals surface area contributed by atoms with Crippen LogP contribution in [0, 0.1) is 17.1 Å². The number of halogens is 1. The predicted octanol–water partition coefficient (Wildman–Crippen LogP) is 1.99. The molecule has 0 spiro atoms. The molecule has 3 atom stereocenters. The van der Waals surface area contributed by atoms with Crippen LogP contribution in [0.4, 0.5) is 4.39 Å². The number of nitriles is 1. The second-order valence-corrected chi connectivity index (χ2v) is 6.41. The average molecular weight is 329 g/mol. The molecule has 2 aliphatic rings. The molecule has 0 radical (unpaired) electrons. The Balaban J connectivity index is 1.50. The standard InChI is InChI=1S/C18H20FN3O2/c19-14-6-4-13(5-7-14)17(23)2-1-3-18(24)22-12-16(10-20)21-9-8-15(22)11-21/h4-7,15-16H,1-3,8-9,11-12H2. The Kier molecular flexibility index (Phi) is 4.91. The van der Waals surface area contributed by atoms with Gasteiger partial charge in [0.05, 0.1) is 6.07 Å².